The Balaban J connectivity index is 0.00000256. The molecular formula is C9H9BrNNaO4S. The molecule has 0 saturated carbocycles. The molecule has 0 radical (unpaired) electrons. The second-order valence-electron chi connectivity index (χ2n) is 2.73. The van der Waals surface area contributed by atoms with Crippen LogP contribution in [0.4, 0.5) is 5.69 Å². The van der Waals surface area contributed by atoms with Crippen LogP contribution in [0.15, 0.2) is 29.2 Å². The fourth-order valence-electron chi connectivity index (χ4n) is 0.956. The van der Waals surface area contributed by atoms with Gasteiger partial charge in [0.1, 0.15) is 0 Å². The quantitative estimate of drug-likeness (QED) is 0.230. The number of nitrogens with one attached hydrogen (secondary N) is 1. The molecule has 0 saturated heterocycles. The number of carbonyl (C=O) groups is 1. The second-order valence-corrected chi connectivity index (χ2v) is 4.30. The molecule has 0 atom stereocenters. The van der Waals surface area contributed by atoms with Gasteiger partial charge in [-0.1, -0.05) is 15.9 Å². The van der Waals surface area contributed by atoms with Crippen LogP contribution < -0.4 is 40.1 Å². The third-order valence-electron chi connectivity index (χ3n) is 1.62. The topological polar surface area (TPSA) is 70.6 Å². The summed E-state index contributed by atoms with van der Waals surface area (Å²) in [6.45, 7) is 0. The largest absolute Gasteiger partial charge is 1.00 e. The molecule has 0 aliphatic heterocycles. The number of anilines is 1. The molecule has 88 valence electrons. The van der Waals surface area contributed by atoms with Gasteiger partial charge in [-0.2, -0.15) is 4.33 Å². The van der Waals surface area contributed by atoms with E-state index in [9.17, 15) is 10.1 Å². The van der Waals surface area contributed by atoms with Gasteiger partial charge in [-0.25, -0.2) is 0 Å². The van der Waals surface area contributed by atoms with Crippen molar-refractivity contribution in [1.29, 1.82) is 0 Å². The van der Waals surface area contributed by atoms with Crippen LogP contribution >= 0.6 is 28.0 Å². The third kappa shape index (κ3) is 7.43. The van der Waals surface area contributed by atoms with Crippen molar-refractivity contribution in [2.24, 2.45) is 0 Å². The predicted octanol–water partition coefficient (Wildman–Crippen LogP) is -1.36. The first-order chi connectivity index (χ1) is 7.76. The maximum absolute atomic E-state index is 11.2. The molecule has 1 aromatic carbocycles. The van der Waals surface area contributed by atoms with Crippen LogP contribution in [0.25, 0.3) is 0 Å². The smallest absolute Gasteiger partial charge is 0.691 e. The summed E-state index contributed by atoms with van der Waals surface area (Å²) in [5.74, 6) is -0.0589. The van der Waals surface area contributed by atoms with Gasteiger partial charge in [0.05, 0.1) is 12.0 Å². The van der Waals surface area contributed by atoms with Gasteiger partial charge in [0.15, 0.2) is 0 Å². The molecular weight excluding hydrogens is 321 g/mol. The van der Waals surface area contributed by atoms with Gasteiger partial charge in [-0.15, -0.1) is 0 Å². The van der Waals surface area contributed by atoms with Crippen LogP contribution in [0.3, 0.4) is 0 Å². The minimum absolute atomic E-state index is 0. The molecule has 0 aliphatic carbocycles. The molecule has 0 heterocycles. The predicted molar refractivity (Wildman–Crippen MR) is 61.5 cm³/mol. The average Bonchev–Trinajstić information content (AvgIpc) is 2.28. The van der Waals surface area contributed by atoms with Crippen molar-refractivity contribution >= 4 is 39.6 Å². The monoisotopic (exact) mass is 329 g/mol. The molecule has 5 nitrogen and oxygen atoms in total. The summed E-state index contributed by atoms with van der Waals surface area (Å²) >= 11 is 3.98. The Morgan fingerprint density at radius 3 is 2.59 bits per heavy atom. The normalized spacial score (nSPS) is 9.53. The van der Waals surface area contributed by atoms with Crippen molar-refractivity contribution in [1.82, 2.24) is 0 Å². The van der Waals surface area contributed by atoms with Crippen LogP contribution in [0.1, 0.15) is 6.42 Å². The van der Waals surface area contributed by atoms with Crippen LogP contribution in [0.5, 0.6) is 0 Å². The Kier molecular flexibility index (Phi) is 10.6. The van der Waals surface area contributed by atoms with E-state index in [0.29, 0.717) is 22.3 Å². The minimum atomic E-state index is -0.0589. The zero-order valence-electron chi connectivity index (χ0n) is 9.14. The van der Waals surface area contributed by atoms with Gasteiger partial charge < -0.3 is 10.6 Å². The molecule has 0 aromatic heterocycles. The van der Waals surface area contributed by atoms with Crippen molar-refractivity contribution in [2.45, 2.75) is 11.3 Å². The first-order valence-electron chi connectivity index (χ1n) is 4.35. The van der Waals surface area contributed by atoms with E-state index >= 15 is 0 Å². The Morgan fingerprint density at radius 2 is 2.06 bits per heavy atom. The number of halogens is 1. The molecule has 1 amide bonds. The van der Waals surface area contributed by atoms with E-state index in [-0.39, 0.29) is 35.5 Å². The molecule has 17 heavy (non-hydrogen) atoms. The SMILES string of the molecule is O=C(CCBr)Nc1ccc(SOO[O-])cc1.[Na+]. The molecule has 1 rings (SSSR count). The summed E-state index contributed by atoms with van der Waals surface area (Å²) in [6.07, 6.45) is 0.420. The van der Waals surface area contributed by atoms with Crippen molar-refractivity contribution in [3.8, 4) is 0 Å². The van der Waals surface area contributed by atoms with E-state index in [4.69, 9.17) is 0 Å². The van der Waals surface area contributed by atoms with Gasteiger partial charge in [0, 0.05) is 22.3 Å². The van der Waals surface area contributed by atoms with E-state index in [2.05, 4.69) is 30.6 Å². The Morgan fingerprint density at radius 1 is 1.41 bits per heavy atom. The fourth-order valence-corrected chi connectivity index (χ4v) is 1.67. The number of carbonyl (C=O) groups excluding carboxylic acids is 1. The molecule has 0 bridgehead atoms. The zero-order chi connectivity index (χ0) is 11.8. The summed E-state index contributed by atoms with van der Waals surface area (Å²) in [6, 6.07) is 6.83. The molecule has 8 heteroatoms. The van der Waals surface area contributed by atoms with E-state index < -0.39 is 0 Å². The molecule has 0 unspecified atom stereocenters. The van der Waals surface area contributed by atoms with Gasteiger partial charge in [-0.05, 0) is 24.3 Å². The Hall–Kier alpha value is 0.400. The standard InChI is InChI=1S/C9H10BrNO4S.Na/c10-6-5-9(12)11-7-1-3-8(4-2-7)16-15-14-13;/h1-4,13H,5-6H2,(H,11,12);/q;+1/p-1. The maximum Gasteiger partial charge on any atom is 1.00 e. The van der Waals surface area contributed by atoms with Gasteiger partial charge >= 0.3 is 29.6 Å². The summed E-state index contributed by atoms with van der Waals surface area (Å²) in [5.41, 5.74) is 0.693. The van der Waals surface area contributed by atoms with E-state index in [1.165, 1.54) is 0 Å². The fraction of sp³-hybridized carbons (Fsp3) is 0.222. The zero-order valence-corrected chi connectivity index (χ0v) is 13.5. The molecule has 1 N–H and O–H groups in total. The first kappa shape index (κ1) is 17.4. The summed E-state index contributed by atoms with van der Waals surface area (Å²) < 4.78 is 4.15. The van der Waals surface area contributed by atoms with Gasteiger partial charge in [0.25, 0.3) is 0 Å². The minimum Gasteiger partial charge on any atom is -0.691 e. The average molecular weight is 330 g/mol. The second kappa shape index (κ2) is 10.3. The molecule has 0 fully saturated rings. The first-order valence-corrected chi connectivity index (χ1v) is 6.21. The summed E-state index contributed by atoms with van der Waals surface area (Å²) in [4.78, 5) is 11.9. The van der Waals surface area contributed by atoms with Crippen molar-refractivity contribution < 1.29 is 49.0 Å². The number of alkyl halides is 1. The van der Waals surface area contributed by atoms with Crippen LogP contribution in [0, 0.1) is 0 Å². The van der Waals surface area contributed by atoms with Crippen molar-refractivity contribution in [3.05, 3.63) is 24.3 Å². The summed E-state index contributed by atoms with van der Waals surface area (Å²) in [5, 5.41) is 16.1. The number of amides is 1. The number of hydrogen-bond acceptors (Lipinski definition) is 5. The third-order valence-corrected chi connectivity index (χ3v) is 2.60. The maximum atomic E-state index is 11.2. The van der Waals surface area contributed by atoms with E-state index in [1.54, 1.807) is 24.3 Å². The number of hydrogen-bond donors (Lipinski definition) is 1. The Labute approximate surface area is 134 Å². The summed E-state index contributed by atoms with van der Waals surface area (Å²) in [7, 11) is 0. The molecule has 1 aromatic rings. The van der Waals surface area contributed by atoms with Crippen LogP contribution in [-0.2, 0) is 14.2 Å². The number of rotatable bonds is 6. The van der Waals surface area contributed by atoms with Crippen LogP contribution in [-0.4, -0.2) is 11.2 Å². The molecule has 0 aliphatic rings. The van der Waals surface area contributed by atoms with Crippen molar-refractivity contribution in [2.75, 3.05) is 10.6 Å². The number of benzene rings is 1. The Bertz CT molecular complexity index is 338. The van der Waals surface area contributed by atoms with E-state index in [1.807, 2.05) is 0 Å². The van der Waals surface area contributed by atoms with E-state index in [0.717, 1.165) is 12.0 Å². The van der Waals surface area contributed by atoms with Gasteiger partial charge in [0.2, 0.25) is 5.91 Å². The van der Waals surface area contributed by atoms with Gasteiger partial charge in [-0.3, -0.25) is 9.83 Å². The molecule has 0 spiro atoms. The van der Waals surface area contributed by atoms with Crippen molar-refractivity contribution in [3.63, 3.8) is 0 Å². The van der Waals surface area contributed by atoms with Crippen LogP contribution in [0.2, 0.25) is 0 Å².